The third-order valence-electron chi connectivity index (χ3n) is 2.13. The van der Waals surface area contributed by atoms with Crippen molar-refractivity contribution in [2.75, 3.05) is 14.2 Å². The number of nitrogens with one attached hydrogen (secondary N) is 1. The highest BCUT2D eigenvalue weighted by Gasteiger charge is 2.01. The number of carbonyl (C=O) groups is 1. The molecule has 0 saturated heterocycles. The van der Waals surface area contributed by atoms with Crippen LogP contribution in [-0.4, -0.2) is 20.1 Å². The number of methoxy groups -OCH3 is 2. The third-order valence-corrected chi connectivity index (χ3v) is 2.13. The predicted molar refractivity (Wildman–Crippen MR) is 67.0 cm³/mol. The zero-order valence-electron chi connectivity index (χ0n) is 10.5. The molecule has 0 atom stereocenters. The summed E-state index contributed by atoms with van der Waals surface area (Å²) in [6, 6.07) is 5.53. The summed E-state index contributed by atoms with van der Waals surface area (Å²) in [5, 5.41) is 2.71. The van der Waals surface area contributed by atoms with Gasteiger partial charge in [-0.2, -0.15) is 0 Å². The van der Waals surface area contributed by atoms with Crippen LogP contribution in [0.4, 0.5) is 0 Å². The van der Waals surface area contributed by atoms with Crippen LogP contribution in [0.3, 0.4) is 0 Å². The summed E-state index contributed by atoms with van der Waals surface area (Å²) >= 11 is 0. The van der Waals surface area contributed by atoms with E-state index in [1.54, 1.807) is 20.3 Å². The first-order valence-corrected chi connectivity index (χ1v) is 5.24. The maximum Gasteiger partial charge on any atom is 0.220 e. The molecule has 0 spiro atoms. The van der Waals surface area contributed by atoms with Gasteiger partial charge in [0.2, 0.25) is 5.91 Å². The average Bonchev–Trinajstić information content (AvgIpc) is 2.27. The van der Waals surface area contributed by atoms with E-state index >= 15 is 0 Å². The standard InChI is InChI=1S/C13H17NO3/c1-9(14-10(2)15)5-11-6-12(16-3)8-13(7-11)17-4/h5-8H,1-4H3,(H,14,15)/b9-5+. The van der Waals surface area contributed by atoms with Gasteiger partial charge < -0.3 is 14.8 Å². The van der Waals surface area contributed by atoms with Crippen LogP contribution < -0.4 is 14.8 Å². The largest absolute Gasteiger partial charge is 0.497 e. The fourth-order valence-corrected chi connectivity index (χ4v) is 1.48. The molecule has 0 aliphatic carbocycles. The van der Waals surface area contributed by atoms with E-state index < -0.39 is 0 Å². The van der Waals surface area contributed by atoms with Gasteiger partial charge in [-0.25, -0.2) is 0 Å². The highest BCUT2D eigenvalue weighted by molar-refractivity contribution is 5.76. The molecule has 1 aromatic rings. The van der Waals surface area contributed by atoms with Crippen molar-refractivity contribution in [3.05, 3.63) is 29.5 Å². The van der Waals surface area contributed by atoms with E-state index in [1.165, 1.54) is 6.92 Å². The van der Waals surface area contributed by atoms with Gasteiger partial charge in [-0.1, -0.05) is 0 Å². The smallest absolute Gasteiger partial charge is 0.220 e. The molecular formula is C13H17NO3. The fourth-order valence-electron chi connectivity index (χ4n) is 1.48. The minimum atomic E-state index is -0.0892. The Morgan fingerprint density at radius 3 is 2.06 bits per heavy atom. The Morgan fingerprint density at radius 2 is 1.65 bits per heavy atom. The summed E-state index contributed by atoms with van der Waals surface area (Å²) in [7, 11) is 3.20. The molecule has 92 valence electrons. The Balaban J connectivity index is 3.00. The molecule has 1 amide bonds. The highest BCUT2D eigenvalue weighted by Crippen LogP contribution is 2.23. The first-order chi connectivity index (χ1) is 8.05. The molecule has 4 heteroatoms. The van der Waals surface area contributed by atoms with Crippen molar-refractivity contribution in [1.82, 2.24) is 5.32 Å². The Labute approximate surface area is 101 Å². The minimum absolute atomic E-state index is 0.0892. The van der Waals surface area contributed by atoms with Crippen LogP contribution >= 0.6 is 0 Å². The summed E-state index contributed by atoms with van der Waals surface area (Å²) < 4.78 is 10.3. The number of hydrogen-bond acceptors (Lipinski definition) is 3. The van der Waals surface area contributed by atoms with Gasteiger partial charge >= 0.3 is 0 Å². The second-order valence-electron chi connectivity index (χ2n) is 3.65. The molecule has 1 N–H and O–H groups in total. The van der Waals surface area contributed by atoms with Gasteiger partial charge in [0.25, 0.3) is 0 Å². The quantitative estimate of drug-likeness (QED) is 0.870. The molecule has 0 saturated carbocycles. The molecule has 4 nitrogen and oxygen atoms in total. The van der Waals surface area contributed by atoms with Crippen LogP contribution in [0, 0.1) is 0 Å². The lowest BCUT2D eigenvalue weighted by Gasteiger charge is -2.07. The molecule has 0 aliphatic rings. The van der Waals surface area contributed by atoms with Crippen LogP contribution in [0.2, 0.25) is 0 Å². The highest BCUT2D eigenvalue weighted by atomic mass is 16.5. The van der Waals surface area contributed by atoms with Gasteiger partial charge in [0.15, 0.2) is 0 Å². The fraction of sp³-hybridized carbons (Fsp3) is 0.308. The van der Waals surface area contributed by atoms with Gasteiger partial charge in [-0.05, 0) is 30.7 Å². The molecule has 0 heterocycles. The maximum absolute atomic E-state index is 10.9. The van der Waals surface area contributed by atoms with E-state index in [9.17, 15) is 4.79 Å². The van der Waals surface area contributed by atoms with Crippen molar-refractivity contribution in [2.45, 2.75) is 13.8 Å². The van der Waals surface area contributed by atoms with Gasteiger partial charge in [-0.15, -0.1) is 0 Å². The lowest BCUT2D eigenvalue weighted by molar-refractivity contribution is -0.118. The molecule has 0 aliphatic heterocycles. The molecule has 1 aromatic carbocycles. The summed E-state index contributed by atoms with van der Waals surface area (Å²) in [5.74, 6) is 1.34. The lowest BCUT2D eigenvalue weighted by Crippen LogP contribution is -2.16. The molecule has 0 aromatic heterocycles. The Bertz CT molecular complexity index is 416. The van der Waals surface area contributed by atoms with E-state index in [-0.39, 0.29) is 5.91 Å². The average molecular weight is 235 g/mol. The van der Waals surface area contributed by atoms with Crippen LogP contribution in [0.15, 0.2) is 23.9 Å². The number of ether oxygens (including phenoxy) is 2. The van der Waals surface area contributed by atoms with Gasteiger partial charge in [-0.3, -0.25) is 4.79 Å². The van der Waals surface area contributed by atoms with Crippen molar-refractivity contribution in [2.24, 2.45) is 0 Å². The minimum Gasteiger partial charge on any atom is -0.497 e. The van der Waals surface area contributed by atoms with E-state index in [1.807, 2.05) is 25.1 Å². The Morgan fingerprint density at radius 1 is 1.12 bits per heavy atom. The molecular weight excluding hydrogens is 218 g/mol. The number of allylic oxidation sites excluding steroid dienone is 1. The van der Waals surface area contributed by atoms with Crippen LogP contribution in [-0.2, 0) is 4.79 Å². The van der Waals surface area contributed by atoms with Crippen LogP contribution in [0.25, 0.3) is 6.08 Å². The summed E-state index contributed by atoms with van der Waals surface area (Å²) in [4.78, 5) is 10.9. The van der Waals surface area contributed by atoms with E-state index in [2.05, 4.69) is 5.32 Å². The molecule has 0 fully saturated rings. The van der Waals surface area contributed by atoms with Crippen molar-refractivity contribution < 1.29 is 14.3 Å². The molecule has 1 rings (SSSR count). The zero-order valence-corrected chi connectivity index (χ0v) is 10.5. The summed E-state index contributed by atoms with van der Waals surface area (Å²) in [6.07, 6.45) is 1.85. The van der Waals surface area contributed by atoms with Crippen LogP contribution in [0.5, 0.6) is 11.5 Å². The Hall–Kier alpha value is -1.97. The lowest BCUT2D eigenvalue weighted by atomic mass is 10.1. The first kappa shape index (κ1) is 13.1. The molecule has 0 radical (unpaired) electrons. The SMILES string of the molecule is COc1cc(/C=C(\C)NC(C)=O)cc(OC)c1. The first-order valence-electron chi connectivity index (χ1n) is 5.24. The van der Waals surface area contributed by atoms with Crippen molar-refractivity contribution in [1.29, 1.82) is 0 Å². The van der Waals surface area contributed by atoms with Crippen molar-refractivity contribution >= 4 is 12.0 Å². The van der Waals surface area contributed by atoms with Gasteiger partial charge in [0.1, 0.15) is 11.5 Å². The van der Waals surface area contributed by atoms with Gasteiger partial charge in [0, 0.05) is 18.7 Å². The molecule has 0 bridgehead atoms. The number of carbonyl (C=O) groups excluding carboxylic acids is 1. The van der Waals surface area contributed by atoms with Gasteiger partial charge in [0.05, 0.1) is 14.2 Å². The van der Waals surface area contributed by atoms with Crippen LogP contribution in [0.1, 0.15) is 19.4 Å². The number of rotatable bonds is 4. The number of benzene rings is 1. The van der Waals surface area contributed by atoms with Crippen molar-refractivity contribution in [3.8, 4) is 11.5 Å². The zero-order chi connectivity index (χ0) is 12.8. The monoisotopic (exact) mass is 235 g/mol. The topological polar surface area (TPSA) is 47.6 Å². The predicted octanol–water partition coefficient (Wildman–Crippen LogP) is 2.20. The van der Waals surface area contributed by atoms with Crippen molar-refractivity contribution in [3.63, 3.8) is 0 Å². The third kappa shape index (κ3) is 4.18. The number of hydrogen-bond donors (Lipinski definition) is 1. The van der Waals surface area contributed by atoms with E-state index in [0.717, 1.165) is 11.3 Å². The summed E-state index contributed by atoms with van der Waals surface area (Å²) in [6.45, 7) is 3.30. The second kappa shape index (κ2) is 5.94. The number of amides is 1. The Kier molecular flexibility index (Phi) is 4.57. The summed E-state index contributed by atoms with van der Waals surface area (Å²) in [5.41, 5.74) is 1.68. The molecule has 0 unspecified atom stereocenters. The maximum atomic E-state index is 10.9. The van der Waals surface area contributed by atoms with E-state index in [4.69, 9.17) is 9.47 Å². The van der Waals surface area contributed by atoms with E-state index in [0.29, 0.717) is 11.5 Å². The molecule has 17 heavy (non-hydrogen) atoms. The normalized spacial score (nSPS) is 10.9. The second-order valence-corrected chi connectivity index (χ2v) is 3.65.